The van der Waals surface area contributed by atoms with E-state index in [2.05, 4.69) is 5.32 Å². The zero-order valence-electron chi connectivity index (χ0n) is 15.7. The predicted octanol–water partition coefficient (Wildman–Crippen LogP) is 2.48. The average Bonchev–Trinajstić information content (AvgIpc) is 2.66. The predicted molar refractivity (Wildman–Crippen MR) is 101 cm³/mol. The lowest BCUT2D eigenvalue weighted by Gasteiger charge is -2.16. The maximum atomic E-state index is 12.2. The first-order valence-corrected chi connectivity index (χ1v) is 8.56. The molecule has 27 heavy (non-hydrogen) atoms. The third-order valence-electron chi connectivity index (χ3n) is 4.02. The third-order valence-corrected chi connectivity index (χ3v) is 4.02. The van der Waals surface area contributed by atoms with Gasteiger partial charge in [0.05, 0.1) is 13.2 Å². The van der Waals surface area contributed by atoms with Gasteiger partial charge in [0, 0.05) is 0 Å². The van der Waals surface area contributed by atoms with Gasteiger partial charge in [0.1, 0.15) is 11.3 Å². The van der Waals surface area contributed by atoms with E-state index < -0.39 is 24.5 Å². The maximum absolute atomic E-state index is 12.2. The number of carbonyl (C=O) groups is 3. The molecule has 1 N–H and O–H groups in total. The minimum absolute atomic E-state index is 0.168. The van der Waals surface area contributed by atoms with Gasteiger partial charge in [0.25, 0.3) is 5.91 Å². The summed E-state index contributed by atoms with van der Waals surface area (Å²) in [7, 11) is 1.45. The normalized spacial score (nSPS) is 11.4. The molecular weight excluding hydrogens is 346 g/mol. The number of esters is 1. The first-order chi connectivity index (χ1) is 12.9. The van der Waals surface area contributed by atoms with Crippen molar-refractivity contribution in [2.24, 2.45) is 0 Å². The van der Waals surface area contributed by atoms with Crippen LogP contribution in [0.25, 0.3) is 0 Å². The van der Waals surface area contributed by atoms with E-state index in [1.165, 1.54) is 14.0 Å². The second-order valence-electron chi connectivity index (χ2n) is 6.20. The summed E-state index contributed by atoms with van der Waals surface area (Å²) in [6, 6.07) is 13.8. The van der Waals surface area contributed by atoms with Crippen molar-refractivity contribution in [2.45, 2.75) is 26.3 Å². The Kier molecular flexibility index (Phi) is 7.11. The molecule has 0 aliphatic rings. The molecule has 2 aromatic rings. The summed E-state index contributed by atoms with van der Waals surface area (Å²) in [4.78, 5) is 36.2. The molecule has 0 bridgehead atoms. The summed E-state index contributed by atoms with van der Waals surface area (Å²) in [6.45, 7) is 2.77. The first kappa shape index (κ1) is 20.2. The van der Waals surface area contributed by atoms with E-state index in [4.69, 9.17) is 9.47 Å². The monoisotopic (exact) mass is 369 g/mol. The first-order valence-electron chi connectivity index (χ1n) is 8.56. The van der Waals surface area contributed by atoms with Crippen molar-refractivity contribution in [3.63, 3.8) is 0 Å². The Labute approximate surface area is 158 Å². The van der Waals surface area contributed by atoms with Gasteiger partial charge in [-0.1, -0.05) is 42.0 Å². The fourth-order valence-corrected chi connectivity index (χ4v) is 2.57. The Morgan fingerprint density at radius 2 is 1.78 bits per heavy atom. The smallest absolute Gasteiger partial charge is 0.342 e. The van der Waals surface area contributed by atoms with E-state index in [9.17, 15) is 14.4 Å². The number of amides is 1. The van der Waals surface area contributed by atoms with Crippen LogP contribution >= 0.6 is 0 Å². The number of carbonyl (C=O) groups excluding carboxylic acids is 3. The van der Waals surface area contributed by atoms with Crippen molar-refractivity contribution < 1.29 is 23.9 Å². The van der Waals surface area contributed by atoms with E-state index in [-0.39, 0.29) is 11.3 Å². The van der Waals surface area contributed by atoms with Crippen LogP contribution in [-0.4, -0.2) is 37.4 Å². The Bertz CT molecular complexity index is 817. The van der Waals surface area contributed by atoms with Gasteiger partial charge in [-0.3, -0.25) is 9.59 Å². The van der Waals surface area contributed by atoms with Gasteiger partial charge >= 0.3 is 5.97 Å². The van der Waals surface area contributed by atoms with Crippen LogP contribution < -0.4 is 10.1 Å². The van der Waals surface area contributed by atoms with Gasteiger partial charge < -0.3 is 14.8 Å². The molecule has 2 aromatic carbocycles. The number of Topliss-reactive ketones (excluding diaryl/α,β-unsaturated/α-hetero) is 1. The second kappa shape index (κ2) is 9.52. The van der Waals surface area contributed by atoms with Gasteiger partial charge in [-0.2, -0.15) is 0 Å². The largest absolute Gasteiger partial charge is 0.496 e. The number of hydrogen-bond acceptors (Lipinski definition) is 5. The average molecular weight is 369 g/mol. The number of aryl methyl sites for hydroxylation is 1. The summed E-state index contributed by atoms with van der Waals surface area (Å²) < 4.78 is 10.2. The highest BCUT2D eigenvalue weighted by Crippen LogP contribution is 2.20. The highest BCUT2D eigenvalue weighted by atomic mass is 16.5. The summed E-state index contributed by atoms with van der Waals surface area (Å²) >= 11 is 0. The molecule has 1 amide bonds. The number of rotatable bonds is 8. The highest BCUT2D eigenvalue weighted by molar-refractivity contribution is 5.95. The molecule has 6 heteroatoms. The van der Waals surface area contributed by atoms with Gasteiger partial charge in [0.2, 0.25) is 0 Å². The molecular formula is C21H23NO5. The van der Waals surface area contributed by atoms with Crippen LogP contribution in [0, 0.1) is 6.92 Å². The fourth-order valence-electron chi connectivity index (χ4n) is 2.57. The molecule has 0 fully saturated rings. The SMILES string of the molecule is COc1ccc(C)cc1C(=O)OCC(=O)N[C@H](Cc1ccccc1)C(C)=O. The number of benzene rings is 2. The summed E-state index contributed by atoms with van der Waals surface area (Å²) in [5.74, 6) is -0.991. The van der Waals surface area contributed by atoms with Gasteiger partial charge in [-0.05, 0) is 38.0 Å². The maximum Gasteiger partial charge on any atom is 0.342 e. The van der Waals surface area contributed by atoms with Crippen LogP contribution in [0.15, 0.2) is 48.5 Å². The Morgan fingerprint density at radius 3 is 2.41 bits per heavy atom. The standard InChI is InChI=1S/C21H23NO5/c1-14-9-10-19(26-3)17(11-14)21(25)27-13-20(24)22-18(15(2)23)12-16-7-5-4-6-8-16/h4-11,18H,12-13H2,1-3H3,(H,22,24)/t18-/m1/s1. The lowest BCUT2D eigenvalue weighted by Crippen LogP contribution is -2.43. The molecule has 6 nitrogen and oxygen atoms in total. The number of nitrogens with one attached hydrogen (secondary N) is 1. The number of methoxy groups -OCH3 is 1. The minimum Gasteiger partial charge on any atom is -0.496 e. The van der Waals surface area contributed by atoms with Gasteiger partial charge in [0.15, 0.2) is 12.4 Å². The summed E-state index contributed by atoms with van der Waals surface area (Å²) in [5, 5.41) is 2.61. The molecule has 0 saturated heterocycles. The number of hydrogen-bond donors (Lipinski definition) is 1. The molecule has 0 radical (unpaired) electrons. The van der Waals surface area contributed by atoms with Crippen molar-refractivity contribution in [2.75, 3.05) is 13.7 Å². The Balaban J connectivity index is 1.95. The Morgan fingerprint density at radius 1 is 1.07 bits per heavy atom. The number of ether oxygens (including phenoxy) is 2. The van der Waals surface area contributed by atoms with E-state index in [1.807, 2.05) is 43.3 Å². The molecule has 1 atom stereocenters. The Hall–Kier alpha value is -3.15. The van der Waals surface area contributed by atoms with Crippen LogP contribution in [0.4, 0.5) is 0 Å². The van der Waals surface area contributed by atoms with E-state index >= 15 is 0 Å². The number of ketones is 1. The third kappa shape index (κ3) is 5.95. The highest BCUT2D eigenvalue weighted by Gasteiger charge is 2.20. The van der Waals surface area contributed by atoms with Crippen LogP contribution in [0.2, 0.25) is 0 Å². The van der Waals surface area contributed by atoms with Crippen LogP contribution in [0.3, 0.4) is 0 Å². The lowest BCUT2D eigenvalue weighted by molar-refractivity contribution is -0.128. The summed E-state index contributed by atoms with van der Waals surface area (Å²) in [5.41, 5.74) is 2.05. The molecule has 0 aliphatic carbocycles. The zero-order chi connectivity index (χ0) is 19.8. The van der Waals surface area contributed by atoms with Crippen molar-refractivity contribution in [1.29, 1.82) is 0 Å². The van der Waals surface area contributed by atoms with Crippen LogP contribution in [0.1, 0.15) is 28.4 Å². The molecule has 0 aromatic heterocycles. The molecule has 0 spiro atoms. The topological polar surface area (TPSA) is 81.7 Å². The minimum atomic E-state index is -0.674. The molecule has 2 rings (SSSR count). The lowest BCUT2D eigenvalue weighted by atomic mass is 10.0. The van der Waals surface area contributed by atoms with E-state index in [0.29, 0.717) is 12.2 Å². The molecule has 142 valence electrons. The molecule has 0 heterocycles. The van der Waals surface area contributed by atoms with Crippen molar-refractivity contribution in [3.05, 3.63) is 65.2 Å². The van der Waals surface area contributed by atoms with Crippen LogP contribution in [-0.2, 0) is 20.7 Å². The molecule has 0 unspecified atom stereocenters. The van der Waals surface area contributed by atoms with Crippen molar-refractivity contribution in [3.8, 4) is 5.75 Å². The second-order valence-corrected chi connectivity index (χ2v) is 6.20. The fraction of sp³-hybridized carbons (Fsp3) is 0.286. The molecule has 0 saturated carbocycles. The van der Waals surface area contributed by atoms with Crippen molar-refractivity contribution in [1.82, 2.24) is 5.32 Å². The van der Waals surface area contributed by atoms with Gasteiger partial charge in [-0.25, -0.2) is 4.79 Å². The van der Waals surface area contributed by atoms with Crippen molar-refractivity contribution >= 4 is 17.7 Å². The summed E-state index contributed by atoms with van der Waals surface area (Å²) in [6.07, 6.45) is 0.377. The van der Waals surface area contributed by atoms with Gasteiger partial charge in [-0.15, -0.1) is 0 Å². The molecule has 0 aliphatic heterocycles. The van der Waals surface area contributed by atoms with E-state index in [0.717, 1.165) is 11.1 Å². The van der Waals surface area contributed by atoms with Crippen LogP contribution in [0.5, 0.6) is 5.75 Å². The quantitative estimate of drug-likeness (QED) is 0.723. The van der Waals surface area contributed by atoms with E-state index in [1.54, 1.807) is 12.1 Å². The zero-order valence-corrected chi connectivity index (χ0v) is 15.7.